The fourth-order valence-electron chi connectivity index (χ4n) is 2.15. The van der Waals surface area contributed by atoms with Crippen molar-refractivity contribution in [2.24, 2.45) is 0 Å². The lowest BCUT2D eigenvalue weighted by atomic mass is 9.88. The normalized spacial score (nSPS) is 11.6. The standard InChI is InChI=1S/C14H20ClI/c1-8(2)11-6-10(5)14(16)13(9(3)4)12(11)7-15/h6,8-9H,7H2,1-5H3. The summed E-state index contributed by atoms with van der Waals surface area (Å²) in [6.07, 6.45) is 0. The lowest BCUT2D eigenvalue weighted by Gasteiger charge is -2.21. The van der Waals surface area contributed by atoms with Crippen molar-refractivity contribution >= 4 is 34.2 Å². The molecule has 0 spiro atoms. The largest absolute Gasteiger partial charge is 0.122 e. The van der Waals surface area contributed by atoms with Crippen LogP contribution >= 0.6 is 34.2 Å². The average molecular weight is 351 g/mol. The maximum Gasteiger partial charge on any atom is 0.0480 e. The summed E-state index contributed by atoms with van der Waals surface area (Å²) in [4.78, 5) is 0. The van der Waals surface area contributed by atoms with Crippen molar-refractivity contribution in [1.29, 1.82) is 0 Å². The Balaban J connectivity index is 3.55. The molecule has 0 aromatic heterocycles. The van der Waals surface area contributed by atoms with E-state index in [9.17, 15) is 0 Å². The zero-order valence-electron chi connectivity index (χ0n) is 10.7. The van der Waals surface area contributed by atoms with Crippen LogP contribution in [0.3, 0.4) is 0 Å². The SMILES string of the molecule is Cc1cc(C(C)C)c(CCl)c(C(C)C)c1I. The molecule has 0 bridgehead atoms. The minimum Gasteiger partial charge on any atom is -0.122 e. The van der Waals surface area contributed by atoms with Gasteiger partial charge in [-0.25, -0.2) is 0 Å². The summed E-state index contributed by atoms with van der Waals surface area (Å²) in [5, 5.41) is 0. The van der Waals surface area contributed by atoms with E-state index in [2.05, 4.69) is 63.3 Å². The summed E-state index contributed by atoms with van der Waals surface area (Å²) >= 11 is 8.60. The van der Waals surface area contributed by atoms with Crippen LogP contribution in [0.1, 0.15) is 61.8 Å². The highest BCUT2D eigenvalue weighted by Crippen LogP contribution is 2.34. The van der Waals surface area contributed by atoms with Crippen LogP contribution in [0.4, 0.5) is 0 Å². The first-order valence-electron chi connectivity index (χ1n) is 5.77. The van der Waals surface area contributed by atoms with Gasteiger partial charge >= 0.3 is 0 Å². The van der Waals surface area contributed by atoms with Gasteiger partial charge in [-0.3, -0.25) is 0 Å². The van der Waals surface area contributed by atoms with E-state index in [1.807, 2.05) is 0 Å². The molecule has 0 N–H and O–H groups in total. The van der Waals surface area contributed by atoms with Crippen molar-refractivity contribution in [2.75, 3.05) is 0 Å². The van der Waals surface area contributed by atoms with Gasteiger partial charge in [0.1, 0.15) is 0 Å². The van der Waals surface area contributed by atoms with Crippen LogP contribution in [0.25, 0.3) is 0 Å². The molecule has 1 aromatic rings. The highest BCUT2D eigenvalue weighted by molar-refractivity contribution is 14.1. The second kappa shape index (κ2) is 5.72. The lowest BCUT2D eigenvalue weighted by Crippen LogP contribution is -2.06. The zero-order chi connectivity index (χ0) is 12.5. The number of aryl methyl sites for hydroxylation is 1. The van der Waals surface area contributed by atoms with Crippen molar-refractivity contribution in [2.45, 2.75) is 52.3 Å². The molecule has 0 saturated heterocycles. The summed E-state index contributed by atoms with van der Waals surface area (Å²) < 4.78 is 1.38. The Morgan fingerprint density at radius 1 is 1.19 bits per heavy atom. The Morgan fingerprint density at radius 3 is 2.12 bits per heavy atom. The Kier molecular flexibility index (Phi) is 5.11. The van der Waals surface area contributed by atoms with E-state index in [1.165, 1.54) is 25.8 Å². The fourth-order valence-corrected chi connectivity index (χ4v) is 3.55. The fraction of sp³-hybridized carbons (Fsp3) is 0.571. The van der Waals surface area contributed by atoms with Crippen molar-refractivity contribution < 1.29 is 0 Å². The van der Waals surface area contributed by atoms with Gasteiger partial charge in [0.05, 0.1) is 0 Å². The van der Waals surface area contributed by atoms with Crippen molar-refractivity contribution in [3.05, 3.63) is 31.9 Å². The Morgan fingerprint density at radius 2 is 1.75 bits per heavy atom. The van der Waals surface area contributed by atoms with Gasteiger partial charge in [0.25, 0.3) is 0 Å². The minimum atomic E-state index is 0.540. The predicted octanol–water partition coefficient (Wildman–Crippen LogP) is 5.59. The first-order valence-corrected chi connectivity index (χ1v) is 7.39. The maximum absolute atomic E-state index is 6.15. The van der Waals surface area contributed by atoms with E-state index in [4.69, 9.17) is 11.6 Å². The summed E-state index contributed by atoms with van der Waals surface area (Å²) in [5.41, 5.74) is 5.58. The van der Waals surface area contributed by atoms with Gasteiger partial charge in [0.15, 0.2) is 0 Å². The third-order valence-corrected chi connectivity index (χ3v) is 4.66. The van der Waals surface area contributed by atoms with E-state index in [1.54, 1.807) is 0 Å². The van der Waals surface area contributed by atoms with Gasteiger partial charge in [-0.15, -0.1) is 11.6 Å². The molecule has 0 saturated carbocycles. The van der Waals surface area contributed by atoms with Gasteiger partial charge in [-0.05, 0) is 63.6 Å². The second-order valence-corrected chi connectivity index (χ2v) is 6.28. The van der Waals surface area contributed by atoms with E-state index >= 15 is 0 Å². The van der Waals surface area contributed by atoms with Gasteiger partial charge in [0, 0.05) is 9.45 Å². The molecule has 1 aromatic carbocycles. The van der Waals surface area contributed by atoms with Crippen LogP contribution in [-0.4, -0.2) is 0 Å². The van der Waals surface area contributed by atoms with E-state index < -0.39 is 0 Å². The van der Waals surface area contributed by atoms with Gasteiger partial charge in [0.2, 0.25) is 0 Å². The molecule has 0 radical (unpaired) electrons. The van der Waals surface area contributed by atoms with Crippen molar-refractivity contribution in [3.8, 4) is 0 Å². The first-order chi connectivity index (χ1) is 7.40. The molecule has 0 aliphatic heterocycles. The predicted molar refractivity (Wildman–Crippen MR) is 81.6 cm³/mol. The molecule has 1 rings (SSSR count). The number of hydrogen-bond acceptors (Lipinski definition) is 0. The second-order valence-electron chi connectivity index (χ2n) is 4.93. The zero-order valence-corrected chi connectivity index (χ0v) is 13.6. The lowest BCUT2D eigenvalue weighted by molar-refractivity contribution is 0.805. The molecular weight excluding hydrogens is 331 g/mol. The van der Waals surface area contributed by atoms with Gasteiger partial charge in [-0.2, -0.15) is 0 Å². The number of alkyl halides is 1. The van der Waals surface area contributed by atoms with E-state index in [-0.39, 0.29) is 0 Å². The molecule has 0 aliphatic carbocycles. The monoisotopic (exact) mass is 350 g/mol. The molecule has 0 fully saturated rings. The molecule has 0 amide bonds. The average Bonchev–Trinajstić information content (AvgIpc) is 2.20. The molecule has 90 valence electrons. The van der Waals surface area contributed by atoms with Gasteiger partial charge < -0.3 is 0 Å². The highest BCUT2D eigenvalue weighted by atomic mass is 127. The van der Waals surface area contributed by atoms with E-state index in [0.29, 0.717) is 17.7 Å². The van der Waals surface area contributed by atoms with Crippen LogP contribution in [0.5, 0.6) is 0 Å². The van der Waals surface area contributed by atoms with Crippen LogP contribution < -0.4 is 0 Å². The van der Waals surface area contributed by atoms with Crippen LogP contribution in [0.15, 0.2) is 6.07 Å². The summed E-state index contributed by atoms with van der Waals surface area (Å²) in [5.74, 6) is 1.71. The molecule has 0 atom stereocenters. The summed E-state index contributed by atoms with van der Waals surface area (Å²) in [6.45, 7) is 11.2. The summed E-state index contributed by atoms with van der Waals surface area (Å²) in [7, 11) is 0. The highest BCUT2D eigenvalue weighted by Gasteiger charge is 2.17. The molecular formula is C14H20ClI. The van der Waals surface area contributed by atoms with Crippen molar-refractivity contribution in [3.63, 3.8) is 0 Å². The molecule has 0 nitrogen and oxygen atoms in total. The first kappa shape index (κ1) is 14.3. The number of halogens is 2. The number of rotatable bonds is 3. The molecule has 0 aliphatic rings. The molecule has 16 heavy (non-hydrogen) atoms. The van der Waals surface area contributed by atoms with Crippen LogP contribution in [0.2, 0.25) is 0 Å². The number of hydrogen-bond donors (Lipinski definition) is 0. The number of benzene rings is 1. The summed E-state index contributed by atoms with van der Waals surface area (Å²) in [6, 6.07) is 2.30. The third-order valence-electron chi connectivity index (χ3n) is 2.96. The molecule has 0 unspecified atom stereocenters. The Hall–Kier alpha value is 0.240. The van der Waals surface area contributed by atoms with Crippen LogP contribution in [-0.2, 0) is 5.88 Å². The smallest absolute Gasteiger partial charge is 0.0480 e. The van der Waals surface area contributed by atoms with Gasteiger partial charge in [-0.1, -0.05) is 33.8 Å². The Bertz CT molecular complexity index is 381. The quantitative estimate of drug-likeness (QED) is 0.493. The topological polar surface area (TPSA) is 0 Å². The van der Waals surface area contributed by atoms with Crippen LogP contribution in [0, 0.1) is 10.5 Å². The minimum absolute atomic E-state index is 0.540. The maximum atomic E-state index is 6.15. The Labute approximate surface area is 118 Å². The molecule has 0 heterocycles. The van der Waals surface area contributed by atoms with Crippen molar-refractivity contribution in [1.82, 2.24) is 0 Å². The third kappa shape index (κ3) is 2.73. The molecule has 2 heteroatoms. The van der Waals surface area contributed by atoms with E-state index in [0.717, 1.165) is 0 Å².